The second kappa shape index (κ2) is 8.69. The highest BCUT2D eigenvalue weighted by Crippen LogP contribution is 2.26. The lowest BCUT2D eigenvalue weighted by Gasteiger charge is -2.34. The summed E-state index contributed by atoms with van der Waals surface area (Å²) in [6.07, 6.45) is 3.84. The molecule has 1 aromatic carbocycles. The minimum Gasteiger partial charge on any atom is -0.339 e. The molecule has 3 aromatic rings. The number of hydrogen-bond donors (Lipinski definition) is 0. The Balaban J connectivity index is 1.34. The molecule has 0 radical (unpaired) electrons. The van der Waals surface area contributed by atoms with Crippen LogP contribution in [0.5, 0.6) is 0 Å². The van der Waals surface area contributed by atoms with Crippen molar-refractivity contribution in [2.75, 3.05) is 31.1 Å². The van der Waals surface area contributed by atoms with Gasteiger partial charge in [0.05, 0.1) is 12.1 Å². The van der Waals surface area contributed by atoms with Gasteiger partial charge in [0.1, 0.15) is 5.01 Å². The van der Waals surface area contributed by atoms with Gasteiger partial charge in [0.2, 0.25) is 11.9 Å². The number of piperazine rings is 1. The van der Waals surface area contributed by atoms with Gasteiger partial charge in [-0.2, -0.15) is 0 Å². The van der Waals surface area contributed by atoms with Crippen LogP contribution in [-0.2, 0) is 11.2 Å². The molecule has 1 amide bonds. The van der Waals surface area contributed by atoms with E-state index < -0.39 is 0 Å². The quantitative estimate of drug-likeness (QED) is 0.646. The highest BCUT2D eigenvalue weighted by molar-refractivity contribution is 7.13. The molecule has 0 bridgehead atoms. The molecule has 1 saturated heterocycles. The van der Waals surface area contributed by atoms with Gasteiger partial charge in [-0.1, -0.05) is 38.1 Å². The van der Waals surface area contributed by atoms with Crippen molar-refractivity contribution in [3.63, 3.8) is 0 Å². The maximum atomic E-state index is 12.7. The Morgan fingerprint density at radius 3 is 2.41 bits per heavy atom. The summed E-state index contributed by atoms with van der Waals surface area (Å²) < 4.78 is 0. The van der Waals surface area contributed by atoms with E-state index in [-0.39, 0.29) is 5.91 Å². The van der Waals surface area contributed by atoms with E-state index in [1.54, 1.807) is 23.7 Å². The third-order valence-corrected chi connectivity index (χ3v) is 6.12. The van der Waals surface area contributed by atoms with Crippen LogP contribution in [0.3, 0.4) is 0 Å². The minimum absolute atomic E-state index is 0.130. The summed E-state index contributed by atoms with van der Waals surface area (Å²) in [5.41, 5.74) is 3.27. The molecule has 7 heteroatoms. The number of anilines is 1. The van der Waals surface area contributed by atoms with E-state index in [0.29, 0.717) is 25.4 Å². The summed E-state index contributed by atoms with van der Waals surface area (Å²) >= 11 is 1.60. The van der Waals surface area contributed by atoms with Crippen molar-refractivity contribution in [1.82, 2.24) is 19.9 Å². The molecule has 0 spiro atoms. The lowest BCUT2D eigenvalue weighted by molar-refractivity contribution is -0.130. The molecule has 1 aliphatic rings. The van der Waals surface area contributed by atoms with Crippen molar-refractivity contribution >= 4 is 23.2 Å². The number of amides is 1. The van der Waals surface area contributed by atoms with E-state index in [1.807, 2.05) is 16.3 Å². The standard InChI is InChI=1S/C22H25N5OS/c1-16(2)17-4-6-18(7-5-17)21-25-19(15-29-21)14-20(28)26-10-12-27(13-11-26)22-23-8-3-9-24-22/h3-9,15-16H,10-14H2,1-2H3. The Morgan fingerprint density at radius 1 is 1.07 bits per heavy atom. The molecule has 4 rings (SSSR count). The van der Waals surface area contributed by atoms with Gasteiger partial charge in [0.25, 0.3) is 0 Å². The van der Waals surface area contributed by atoms with E-state index in [2.05, 4.69) is 53.0 Å². The first-order valence-electron chi connectivity index (χ1n) is 9.94. The van der Waals surface area contributed by atoms with Gasteiger partial charge in [-0.05, 0) is 17.5 Å². The molecule has 0 N–H and O–H groups in total. The van der Waals surface area contributed by atoms with E-state index in [4.69, 9.17) is 4.98 Å². The van der Waals surface area contributed by atoms with Crippen molar-refractivity contribution in [3.05, 3.63) is 59.4 Å². The van der Waals surface area contributed by atoms with Crippen molar-refractivity contribution in [3.8, 4) is 10.6 Å². The van der Waals surface area contributed by atoms with Gasteiger partial charge >= 0.3 is 0 Å². The number of nitrogens with zero attached hydrogens (tertiary/aromatic N) is 5. The third kappa shape index (κ3) is 4.62. The number of carbonyl (C=O) groups is 1. The second-order valence-corrected chi connectivity index (χ2v) is 8.37. The average Bonchev–Trinajstić information content (AvgIpc) is 3.23. The molecule has 0 aliphatic carbocycles. The SMILES string of the molecule is CC(C)c1ccc(-c2nc(CC(=O)N3CCN(c4ncccn4)CC3)cs2)cc1. The Hall–Kier alpha value is -2.80. The third-order valence-electron chi connectivity index (χ3n) is 5.18. The molecule has 150 valence electrons. The first-order chi connectivity index (χ1) is 14.1. The zero-order chi connectivity index (χ0) is 20.2. The molecular formula is C22H25N5OS. The molecule has 6 nitrogen and oxygen atoms in total. The summed E-state index contributed by atoms with van der Waals surface area (Å²) in [6.45, 7) is 7.25. The normalized spacial score (nSPS) is 14.4. The largest absolute Gasteiger partial charge is 0.339 e. The van der Waals surface area contributed by atoms with Crippen LogP contribution in [0, 0.1) is 0 Å². The Bertz CT molecular complexity index is 947. The smallest absolute Gasteiger partial charge is 0.228 e. The monoisotopic (exact) mass is 407 g/mol. The van der Waals surface area contributed by atoms with Crippen molar-refractivity contribution in [2.45, 2.75) is 26.2 Å². The van der Waals surface area contributed by atoms with Gasteiger partial charge in [0.15, 0.2) is 0 Å². The summed E-state index contributed by atoms with van der Waals surface area (Å²) in [5, 5.41) is 2.96. The first kappa shape index (κ1) is 19.5. The van der Waals surface area contributed by atoms with E-state index in [0.717, 1.165) is 35.3 Å². The molecule has 0 unspecified atom stereocenters. The lowest BCUT2D eigenvalue weighted by atomic mass is 10.0. The van der Waals surface area contributed by atoms with Crippen LogP contribution in [-0.4, -0.2) is 51.9 Å². The summed E-state index contributed by atoms with van der Waals surface area (Å²) in [4.78, 5) is 30.0. The number of carbonyl (C=O) groups excluding carboxylic acids is 1. The molecule has 0 saturated carbocycles. The molecular weight excluding hydrogens is 382 g/mol. The average molecular weight is 408 g/mol. The number of thiazole rings is 1. The van der Waals surface area contributed by atoms with Gasteiger partial charge < -0.3 is 9.80 Å². The highest BCUT2D eigenvalue weighted by atomic mass is 32.1. The Labute approximate surface area is 175 Å². The maximum Gasteiger partial charge on any atom is 0.228 e. The topological polar surface area (TPSA) is 62.2 Å². The van der Waals surface area contributed by atoms with Crippen molar-refractivity contribution in [1.29, 1.82) is 0 Å². The van der Waals surface area contributed by atoms with Crippen molar-refractivity contribution in [2.24, 2.45) is 0 Å². The predicted molar refractivity (Wildman–Crippen MR) is 116 cm³/mol. The van der Waals surface area contributed by atoms with Gasteiger partial charge in [-0.25, -0.2) is 15.0 Å². The fourth-order valence-corrected chi connectivity index (χ4v) is 4.23. The minimum atomic E-state index is 0.130. The highest BCUT2D eigenvalue weighted by Gasteiger charge is 2.23. The number of hydrogen-bond acceptors (Lipinski definition) is 6. The zero-order valence-corrected chi connectivity index (χ0v) is 17.6. The summed E-state index contributed by atoms with van der Waals surface area (Å²) in [6, 6.07) is 10.4. The van der Waals surface area contributed by atoms with Crippen LogP contribution < -0.4 is 4.90 Å². The van der Waals surface area contributed by atoms with E-state index in [9.17, 15) is 4.79 Å². The number of rotatable bonds is 5. The summed E-state index contributed by atoms with van der Waals surface area (Å²) in [7, 11) is 0. The fourth-order valence-electron chi connectivity index (χ4n) is 3.41. The van der Waals surface area contributed by atoms with Crippen LogP contribution in [0.25, 0.3) is 10.6 Å². The van der Waals surface area contributed by atoms with Crippen molar-refractivity contribution < 1.29 is 4.79 Å². The van der Waals surface area contributed by atoms with Crippen LogP contribution in [0.15, 0.2) is 48.1 Å². The Morgan fingerprint density at radius 2 is 1.76 bits per heavy atom. The lowest BCUT2D eigenvalue weighted by Crippen LogP contribution is -2.49. The molecule has 2 aromatic heterocycles. The predicted octanol–water partition coefficient (Wildman–Crippen LogP) is 3.61. The zero-order valence-electron chi connectivity index (χ0n) is 16.8. The van der Waals surface area contributed by atoms with Crippen LogP contribution in [0.1, 0.15) is 31.0 Å². The summed E-state index contributed by atoms with van der Waals surface area (Å²) in [5.74, 6) is 1.38. The maximum absolute atomic E-state index is 12.7. The van der Waals surface area contributed by atoms with E-state index in [1.165, 1.54) is 5.56 Å². The van der Waals surface area contributed by atoms with Crippen LogP contribution in [0.2, 0.25) is 0 Å². The number of benzene rings is 1. The molecule has 1 aliphatic heterocycles. The molecule has 3 heterocycles. The second-order valence-electron chi connectivity index (χ2n) is 7.51. The molecule has 29 heavy (non-hydrogen) atoms. The van der Waals surface area contributed by atoms with Gasteiger partial charge in [-0.15, -0.1) is 11.3 Å². The molecule has 0 atom stereocenters. The van der Waals surface area contributed by atoms with Crippen LogP contribution in [0.4, 0.5) is 5.95 Å². The van der Waals surface area contributed by atoms with Crippen LogP contribution >= 0.6 is 11.3 Å². The number of aromatic nitrogens is 3. The fraction of sp³-hybridized carbons (Fsp3) is 0.364. The Kier molecular flexibility index (Phi) is 5.85. The van der Waals surface area contributed by atoms with E-state index >= 15 is 0 Å². The first-order valence-corrected chi connectivity index (χ1v) is 10.8. The molecule has 1 fully saturated rings. The van der Waals surface area contributed by atoms with Gasteiger partial charge in [-0.3, -0.25) is 4.79 Å². The van der Waals surface area contributed by atoms with Gasteiger partial charge in [0, 0.05) is 49.5 Å².